The molecule has 0 spiro atoms. The van der Waals surface area contributed by atoms with Crippen molar-refractivity contribution >= 4 is 34.6 Å². The predicted octanol–water partition coefficient (Wildman–Crippen LogP) is 4.61. The number of phenolic OH excluding ortho intramolecular Hbond substituents is 1. The van der Waals surface area contributed by atoms with E-state index in [9.17, 15) is 23.1 Å². The standard InChI is InChI=1S/C19H13F3N2O2/c20-19(21,22)18(26)24-15-5-1-3-12(11-15)7-9-14-10-8-13-4-2-6-16(25)17(13)23-14/h1-11,25H,(H,24,26). The highest BCUT2D eigenvalue weighted by Crippen LogP contribution is 2.23. The van der Waals surface area contributed by atoms with Crippen LogP contribution in [-0.2, 0) is 4.79 Å². The molecule has 3 rings (SSSR count). The summed E-state index contributed by atoms with van der Waals surface area (Å²) in [5, 5.41) is 12.4. The van der Waals surface area contributed by atoms with Crippen molar-refractivity contribution < 1.29 is 23.1 Å². The molecule has 3 aromatic rings. The van der Waals surface area contributed by atoms with Crippen LogP contribution in [0.1, 0.15) is 11.3 Å². The number of hydrogen-bond donors (Lipinski definition) is 2. The van der Waals surface area contributed by atoms with Crippen LogP contribution in [0.2, 0.25) is 0 Å². The molecule has 0 bridgehead atoms. The molecule has 2 aromatic carbocycles. The van der Waals surface area contributed by atoms with Crippen LogP contribution in [0.5, 0.6) is 5.75 Å². The van der Waals surface area contributed by atoms with Crippen molar-refractivity contribution in [3.8, 4) is 5.75 Å². The van der Waals surface area contributed by atoms with Gasteiger partial charge in [-0.05, 0) is 35.9 Å². The molecule has 1 aromatic heterocycles. The summed E-state index contributed by atoms with van der Waals surface area (Å²) in [6.07, 6.45) is -1.63. The van der Waals surface area contributed by atoms with E-state index < -0.39 is 12.1 Å². The van der Waals surface area contributed by atoms with Crippen LogP contribution in [0.3, 0.4) is 0 Å². The summed E-state index contributed by atoms with van der Waals surface area (Å²) in [6, 6.07) is 14.6. The highest BCUT2D eigenvalue weighted by molar-refractivity contribution is 5.95. The molecule has 0 radical (unpaired) electrons. The molecular formula is C19H13F3N2O2. The number of hydrogen-bond acceptors (Lipinski definition) is 3. The van der Waals surface area contributed by atoms with Gasteiger partial charge in [-0.2, -0.15) is 13.2 Å². The van der Waals surface area contributed by atoms with E-state index in [4.69, 9.17) is 0 Å². The number of benzene rings is 2. The van der Waals surface area contributed by atoms with Gasteiger partial charge in [0, 0.05) is 11.1 Å². The second-order valence-corrected chi connectivity index (χ2v) is 5.50. The summed E-state index contributed by atoms with van der Waals surface area (Å²) >= 11 is 0. The van der Waals surface area contributed by atoms with Crippen LogP contribution in [-0.4, -0.2) is 22.2 Å². The van der Waals surface area contributed by atoms with E-state index in [2.05, 4.69) is 4.98 Å². The minimum atomic E-state index is -4.94. The van der Waals surface area contributed by atoms with Gasteiger partial charge in [-0.15, -0.1) is 0 Å². The second-order valence-electron chi connectivity index (χ2n) is 5.50. The monoisotopic (exact) mass is 358 g/mol. The van der Waals surface area contributed by atoms with Gasteiger partial charge < -0.3 is 10.4 Å². The number of nitrogens with zero attached hydrogens (tertiary/aromatic N) is 1. The molecule has 0 atom stereocenters. The van der Waals surface area contributed by atoms with E-state index in [0.29, 0.717) is 16.8 Å². The Bertz CT molecular complexity index is 997. The van der Waals surface area contributed by atoms with Crippen molar-refractivity contribution in [2.45, 2.75) is 6.18 Å². The first-order chi connectivity index (χ1) is 12.3. The lowest BCUT2D eigenvalue weighted by Crippen LogP contribution is -2.29. The quantitative estimate of drug-likeness (QED) is 0.719. The summed E-state index contributed by atoms with van der Waals surface area (Å²) in [7, 11) is 0. The lowest BCUT2D eigenvalue weighted by atomic mass is 10.1. The molecule has 7 heteroatoms. The zero-order valence-corrected chi connectivity index (χ0v) is 13.3. The Labute approximate surface area is 146 Å². The molecule has 0 fully saturated rings. The summed E-state index contributed by atoms with van der Waals surface area (Å²) in [5.41, 5.74) is 1.66. The van der Waals surface area contributed by atoms with Crippen LogP contribution >= 0.6 is 0 Å². The van der Waals surface area contributed by atoms with Crippen molar-refractivity contribution in [2.75, 3.05) is 5.32 Å². The van der Waals surface area contributed by atoms with Crippen LogP contribution in [0.4, 0.5) is 18.9 Å². The smallest absolute Gasteiger partial charge is 0.471 e. The number of rotatable bonds is 3. The molecule has 0 aliphatic heterocycles. The van der Waals surface area contributed by atoms with Gasteiger partial charge in [0.05, 0.1) is 5.69 Å². The molecule has 0 saturated heterocycles. The number of amides is 1. The number of fused-ring (bicyclic) bond motifs is 1. The minimum Gasteiger partial charge on any atom is -0.506 e. The normalized spacial score (nSPS) is 11.8. The Morgan fingerprint density at radius 1 is 1.04 bits per heavy atom. The van der Waals surface area contributed by atoms with Gasteiger partial charge in [-0.1, -0.05) is 36.4 Å². The fourth-order valence-corrected chi connectivity index (χ4v) is 2.34. The Morgan fingerprint density at radius 3 is 2.58 bits per heavy atom. The fourth-order valence-electron chi connectivity index (χ4n) is 2.34. The number of nitrogens with one attached hydrogen (secondary N) is 1. The largest absolute Gasteiger partial charge is 0.506 e. The first-order valence-corrected chi connectivity index (χ1v) is 7.58. The summed E-state index contributed by atoms with van der Waals surface area (Å²) in [5.74, 6) is -1.96. The molecular weight excluding hydrogens is 345 g/mol. The van der Waals surface area contributed by atoms with Gasteiger partial charge >= 0.3 is 12.1 Å². The number of phenols is 1. The van der Waals surface area contributed by atoms with E-state index in [-0.39, 0.29) is 11.4 Å². The molecule has 4 nitrogen and oxygen atoms in total. The molecule has 132 valence electrons. The van der Waals surface area contributed by atoms with Crippen molar-refractivity contribution in [3.05, 3.63) is 65.9 Å². The SMILES string of the molecule is O=C(Nc1cccc(C=Cc2ccc3cccc(O)c3n2)c1)C(F)(F)F. The fraction of sp³-hybridized carbons (Fsp3) is 0.0526. The maximum Gasteiger partial charge on any atom is 0.471 e. The Morgan fingerprint density at radius 2 is 1.81 bits per heavy atom. The van der Waals surface area contributed by atoms with E-state index in [1.807, 2.05) is 12.1 Å². The first-order valence-electron chi connectivity index (χ1n) is 7.58. The van der Waals surface area contributed by atoms with Crippen molar-refractivity contribution in [2.24, 2.45) is 0 Å². The number of aromatic hydroxyl groups is 1. The van der Waals surface area contributed by atoms with Gasteiger partial charge in [0.15, 0.2) is 0 Å². The average Bonchev–Trinajstić information content (AvgIpc) is 2.60. The van der Waals surface area contributed by atoms with Crippen molar-refractivity contribution in [3.63, 3.8) is 0 Å². The number of halogens is 3. The van der Waals surface area contributed by atoms with E-state index in [1.165, 1.54) is 24.3 Å². The number of anilines is 1. The molecule has 1 amide bonds. The van der Waals surface area contributed by atoms with Crippen molar-refractivity contribution in [1.82, 2.24) is 4.98 Å². The zero-order chi connectivity index (χ0) is 18.7. The molecule has 2 N–H and O–H groups in total. The number of para-hydroxylation sites is 1. The molecule has 0 unspecified atom stereocenters. The van der Waals surface area contributed by atoms with Crippen molar-refractivity contribution in [1.29, 1.82) is 0 Å². The third kappa shape index (κ3) is 4.00. The van der Waals surface area contributed by atoms with Gasteiger partial charge in [0.25, 0.3) is 0 Å². The zero-order valence-electron chi connectivity index (χ0n) is 13.3. The van der Waals surface area contributed by atoms with Crippen LogP contribution in [0, 0.1) is 0 Å². The number of carbonyl (C=O) groups is 1. The first kappa shape index (κ1) is 17.5. The number of pyridine rings is 1. The highest BCUT2D eigenvalue weighted by atomic mass is 19.4. The molecule has 1 heterocycles. The molecule has 0 saturated carbocycles. The number of alkyl halides is 3. The maximum atomic E-state index is 12.3. The Kier molecular flexibility index (Phi) is 4.62. The van der Waals surface area contributed by atoms with Gasteiger partial charge in [-0.25, -0.2) is 4.98 Å². The van der Waals surface area contributed by atoms with Gasteiger partial charge in [0.1, 0.15) is 11.3 Å². The van der Waals surface area contributed by atoms with E-state index in [0.717, 1.165) is 5.39 Å². The topological polar surface area (TPSA) is 62.2 Å². The highest BCUT2D eigenvalue weighted by Gasteiger charge is 2.38. The summed E-state index contributed by atoms with van der Waals surface area (Å²) in [4.78, 5) is 15.3. The van der Waals surface area contributed by atoms with Gasteiger partial charge in [-0.3, -0.25) is 4.79 Å². The predicted molar refractivity (Wildman–Crippen MR) is 93.5 cm³/mol. The average molecular weight is 358 g/mol. The lowest BCUT2D eigenvalue weighted by Gasteiger charge is -2.08. The third-order valence-corrected chi connectivity index (χ3v) is 3.57. The maximum absolute atomic E-state index is 12.3. The Hall–Kier alpha value is -3.35. The lowest BCUT2D eigenvalue weighted by molar-refractivity contribution is -0.167. The minimum absolute atomic E-state index is 0.0404. The summed E-state index contributed by atoms with van der Waals surface area (Å²) in [6.45, 7) is 0. The molecule has 0 aliphatic rings. The summed E-state index contributed by atoms with van der Waals surface area (Å²) < 4.78 is 36.9. The molecule has 26 heavy (non-hydrogen) atoms. The third-order valence-electron chi connectivity index (χ3n) is 3.57. The van der Waals surface area contributed by atoms with E-state index in [1.54, 1.807) is 35.7 Å². The van der Waals surface area contributed by atoms with Crippen LogP contribution in [0.25, 0.3) is 23.1 Å². The van der Waals surface area contributed by atoms with Gasteiger partial charge in [0.2, 0.25) is 0 Å². The second kappa shape index (κ2) is 6.87. The molecule has 0 aliphatic carbocycles. The number of carbonyl (C=O) groups excluding carboxylic acids is 1. The van der Waals surface area contributed by atoms with E-state index >= 15 is 0 Å². The van der Waals surface area contributed by atoms with Crippen LogP contribution < -0.4 is 5.32 Å². The van der Waals surface area contributed by atoms with Crippen LogP contribution in [0.15, 0.2) is 54.6 Å². The Balaban J connectivity index is 1.82. The number of aromatic nitrogens is 1.